The number of phenols is 1. The largest absolute Gasteiger partial charge is 0.507 e. The summed E-state index contributed by atoms with van der Waals surface area (Å²) < 4.78 is 0. The van der Waals surface area contributed by atoms with Crippen LogP contribution in [-0.4, -0.2) is 5.11 Å². The molecule has 12 heavy (non-hydrogen) atoms. The molecule has 0 bridgehead atoms. The highest BCUT2D eigenvalue weighted by atomic mass is 16.3. The van der Waals surface area contributed by atoms with Gasteiger partial charge in [0.2, 0.25) is 0 Å². The van der Waals surface area contributed by atoms with Crippen LogP contribution in [0.4, 0.5) is 0 Å². The number of aryl methyl sites for hydroxylation is 1. The van der Waals surface area contributed by atoms with Crippen molar-refractivity contribution in [2.24, 2.45) is 0 Å². The third kappa shape index (κ3) is 2.79. The molecule has 1 aromatic rings. The topological polar surface area (TPSA) is 20.2 Å². The zero-order valence-electron chi connectivity index (χ0n) is 7.96. The van der Waals surface area contributed by atoms with E-state index in [0.717, 1.165) is 11.1 Å². The number of phenolic OH excluding ortho intramolecular Hbond substituents is 1. The van der Waals surface area contributed by atoms with Gasteiger partial charge >= 0.3 is 0 Å². The van der Waals surface area contributed by atoms with Gasteiger partial charge in [0, 0.05) is 5.56 Å². The van der Waals surface area contributed by atoms with Gasteiger partial charge in [0.25, 0.3) is 0 Å². The molecule has 0 aliphatic rings. The SMILES string of the molecule is C=Cc1ccc(C)cc1O.CC. The zero-order chi connectivity index (χ0) is 9.56. The predicted molar refractivity (Wildman–Crippen MR) is 54.3 cm³/mol. The van der Waals surface area contributed by atoms with E-state index < -0.39 is 0 Å². The maximum atomic E-state index is 9.22. The van der Waals surface area contributed by atoms with E-state index in [4.69, 9.17) is 0 Å². The van der Waals surface area contributed by atoms with Crippen LogP contribution in [0.2, 0.25) is 0 Å². The van der Waals surface area contributed by atoms with Gasteiger partial charge in [-0.15, -0.1) is 0 Å². The minimum Gasteiger partial charge on any atom is -0.507 e. The molecule has 0 fully saturated rings. The average Bonchev–Trinajstić information content (AvgIpc) is 2.08. The molecule has 1 heteroatoms. The Bertz CT molecular complexity index is 251. The minimum atomic E-state index is 0.301. The molecule has 66 valence electrons. The van der Waals surface area contributed by atoms with Crippen LogP contribution < -0.4 is 0 Å². The Labute approximate surface area is 74.4 Å². The maximum Gasteiger partial charge on any atom is 0.123 e. The summed E-state index contributed by atoms with van der Waals surface area (Å²) in [4.78, 5) is 0. The molecule has 0 heterocycles. The van der Waals surface area contributed by atoms with Crippen LogP contribution >= 0.6 is 0 Å². The fourth-order valence-corrected chi connectivity index (χ4v) is 0.826. The molecule has 0 saturated carbocycles. The third-order valence-corrected chi connectivity index (χ3v) is 1.41. The molecular weight excluding hydrogens is 148 g/mol. The minimum absolute atomic E-state index is 0.301. The lowest BCUT2D eigenvalue weighted by Crippen LogP contribution is -1.75. The van der Waals surface area contributed by atoms with Gasteiger partial charge in [0.15, 0.2) is 0 Å². The van der Waals surface area contributed by atoms with Crippen molar-refractivity contribution in [1.82, 2.24) is 0 Å². The smallest absolute Gasteiger partial charge is 0.123 e. The molecule has 0 radical (unpaired) electrons. The number of aromatic hydroxyl groups is 1. The van der Waals surface area contributed by atoms with Gasteiger partial charge in [-0.05, 0) is 18.6 Å². The maximum absolute atomic E-state index is 9.22. The van der Waals surface area contributed by atoms with Gasteiger partial charge in [-0.3, -0.25) is 0 Å². The van der Waals surface area contributed by atoms with Gasteiger partial charge < -0.3 is 5.11 Å². The Kier molecular flexibility index (Phi) is 4.86. The fraction of sp³-hybridized carbons (Fsp3) is 0.273. The summed E-state index contributed by atoms with van der Waals surface area (Å²) in [5, 5.41) is 9.22. The predicted octanol–water partition coefficient (Wildman–Crippen LogP) is 3.37. The van der Waals surface area contributed by atoms with Crippen molar-refractivity contribution in [1.29, 1.82) is 0 Å². The van der Waals surface area contributed by atoms with Crippen molar-refractivity contribution in [3.63, 3.8) is 0 Å². The summed E-state index contributed by atoms with van der Waals surface area (Å²) in [6.07, 6.45) is 1.63. The molecule has 1 aromatic carbocycles. The highest BCUT2D eigenvalue weighted by Gasteiger charge is 1.94. The molecule has 0 aromatic heterocycles. The number of rotatable bonds is 1. The molecule has 0 aliphatic carbocycles. The van der Waals surface area contributed by atoms with Crippen molar-refractivity contribution in [3.05, 3.63) is 35.9 Å². The molecule has 0 amide bonds. The highest BCUT2D eigenvalue weighted by molar-refractivity contribution is 5.55. The highest BCUT2D eigenvalue weighted by Crippen LogP contribution is 2.18. The fourth-order valence-electron chi connectivity index (χ4n) is 0.826. The Hall–Kier alpha value is -1.24. The van der Waals surface area contributed by atoms with Crippen LogP contribution in [0.5, 0.6) is 5.75 Å². The summed E-state index contributed by atoms with van der Waals surface area (Å²) in [5.74, 6) is 0.301. The van der Waals surface area contributed by atoms with Gasteiger partial charge in [-0.25, -0.2) is 0 Å². The van der Waals surface area contributed by atoms with Crippen molar-refractivity contribution in [2.45, 2.75) is 20.8 Å². The lowest BCUT2D eigenvalue weighted by atomic mass is 10.1. The van der Waals surface area contributed by atoms with Crippen molar-refractivity contribution >= 4 is 6.08 Å². The van der Waals surface area contributed by atoms with Crippen molar-refractivity contribution in [2.75, 3.05) is 0 Å². The lowest BCUT2D eigenvalue weighted by Gasteiger charge is -1.98. The van der Waals surface area contributed by atoms with Gasteiger partial charge in [-0.1, -0.05) is 38.6 Å². The Balaban J connectivity index is 0.000000561. The third-order valence-electron chi connectivity index (χ3n) is 1.41. The second-order valence-electron chi connectivity index (χ2n) is 2.27. The summed E-state index contributed by atoms with van der Waals surface area (Å²) in [6, 6.07) is 5.51. The number of hydrogen-bond acceptors (Lipinski definition) is 1. The molecule has 0 saturated heterocycles. The van der Waals surface area contributed by atoms with Gasteiger partial charge in [0.05, 0.1) is 0 Å². The van der Waals surface area contributed by atoms with E-state index in [1.165, 1.54) is 0 Å². The molecule has 1 rings (SSSR count). The first-order valence-electron chi connectivity index (χ1n) is 4.16. The number of hydrogen-bond donors (Lipinski definition) is 1. The molecule has 1 nitrogen and oxygen atoms in total. The Morgan fingerprint density at radius 1 is 1.33 bits per heavy atom. The molecule has 1 N–H and O–H groups in total. The van der Waals surface area contributed by atoms with Crippen LogP contribution in [0.1, 0.15) is 25.0 Å². The normalized spacial score (nSPS) is 8.25. The zero-order valence-corrected chi connectivity index (χ0v) is 7.96. The van der Waals surface area contributed by atoms with Crippen molar-refractivity contribution < 1.29 is 5.11 Å². The first kappa shape index (κ1) is 10.8. The lowest BCUT2D eigenvalue weighted by molar-refractivity contribution is 0.473. The van der Waals surface area contributed by atoms with E-state index >= 15 is 0 Å². The quantitative estimate of drug-likeness (QED) is 0.674. The van der Waals surface area contributed by atoms with E-state index in [1.54, 1.807) is 12.1 Å². The van der Waals surface area contributed by atoms with Crippen LogP contribution in [0, 0.1) is 6.92 Å². The summed E-state index contributed by atoms with van der Waals surface area (Å²) in [6.45, 7) is 9.50. The second-order valence-corrected chi connectivity index (χ2v) is 2.27. The van der Waals surface area contributed by atoms with Crippen molar-refractivity contribution in [3.8, 4) is 5.75 Å². The first-order valence-corrected chi connectivity index (χ1v) is 4.16. The van der Waals surface area contributed by atoms with Gasteiger partial charge in [0.1, 0.15) is 5.75 Å². The monoisotopic (exact) mass is 164 g/mol. The molecule has 0 unspecified atom stereocenters. The Morgan fingerprint density at radius 3 is 2.33 bits per heavy atom. The van der Waals surface area contributed by atoms with E-state index in [-0.39, 0.29) is 0 Å². The van der Waals surface area contributed by atoms with Crippen LogP contribution in [0.25, 0.3) is 6.08 Å². The average molecular weight is 164 g/mol. The van der Waals surface area contributed by atoms with Crippen LogP contribution in [-0.2, 0) is 0 Å². The molecule has 0 atom stereocenters. The van der Waals surface area contributed by atoms with E-state index in [2.05, 4.69) is 6.58 Å². The van der Waals surface area contributed by atoms with E-state index in [1.807, 2.05) is 32.9 Å². The summed E-state index contributed by atoms with van der Waals surface area (Å²) in [7, 11) is 0. The molecular formula is C11H16O. The second kappa shape index (κ2) is 5.42. The molecule has 0 aliphatic heterocycles. The van der Waals surface area contributed by atoms with Crippen LogP contribution in [0.3, 0.4) is 0 Å². The summed E-state index contributed by atoms with van der Waals surface area (Å²) >= 11 is 0. The van der Waals surface area contributed by atoms with Crippen LogP contribution in [0.15, 0.2) is 24.8 Å². The number of benzene rings is 1. The standard InChI is InChI=1S/C9H10O.C2H6/c1-3-8-5-4-7(2)6-9(8)10;1-2/h3-6,10H,1H2,2H3;1-2H3. The van der Waals surface area contributed by atoms with Gasteiger partial charge in [-0.2, -0.15) is 0 Å². The summed E-state index contributed by atoms with van der Waals surface area (Å²) in [5.41, 5.74) is 1.84. The Morgan fingerprint density at radius 2 is 1.92 bits per heavy atom. The first-order chi connectivity index (χ1) is 5.74. The molecule has 0 spiro atoms. The van der Waals surface area contributed by atoms with E-state index in [9.17, 15) is 5.11 Å². The van der Waals surface area contributed by atoms with E-state index in [0.29, 0.717) is 5.75 Å².